The number of ketones is 1. The van der Waals surface area contributed by atoms with Crippen LogP contribution >= 0.6 is 11.6 Å². The zero-order valence-corrected chi connectivity index (χ0v) is 16.5. The Labute approximate surface area is 176 Å². The van der Waals surface area contributed by atoms with Gasteiger partial charge in [-0.05, 0) is 30.7 Å². The highest BCUT2D eigenvalue weighted by molar-refractivity contribution is 6.33. The molecule has 2 N–H and O–H groups in total. The molecule has 0 unspecified atom stereocenters. The van der Waals surface area contributed by atoms with Crippen LogP contribution in [0.5, 0.6) is 0 Å². The summed E-state index contributed by atoms with van der Waals surface area (Å²) in [6.45, 7) is -0.146. The standard InChI is InChI=1S/C19H14ClF6N3O2/c1-17(18(22,23)8-31-16(27)29-17)11-4-9(2-3-13(11)21)5-14(30)15-12(20)6-10(7-28-15)19(24,25)26/h2-4,6-7H,5,8H2,1H3,(H2,27,29)/t17-/m1/s1. The molecule has 0 bridgehead atoms. The number of ether oxygens (including phenoxy) is 1. The van der Waals surface area contributed by atoms with Crippen molar-refractivity contribution in [2.75, 3.05) is 6.61 Å². The summed E-state index contributed by atoms with van der Waals surface area (Å²) in [5, 5.41) is -0.526. The predicted octanol–water partition coefficient (Wildman–Crippen LogP) is 4.51. The van der Waals surface area contributed by atoms with Gasteiger partial charge in [-0.15, -0.1) is 0 Å². The second kappa shape index (κ2) is 7.70. The maximum absolute atomic E-state index is 14.5. The number of aromatic nitrogens is 1. The van der Waals surface area contributed by atoms with Gasteiger partial charge in [0.2, 0.25) is 0 Å². The number of hydrogen-bond acceptors (Lipinski definition) is 5. The van der Waals surface area contributed by atoms with Crippen molar-refractivity contribution in [3.63, 3.8) is 0 Å². The van der Waals surface area contributed by atoms with E-state index in [4.69, 9.17) is 17.3 Å². The van der Waals surface area contributed by atoms with Gasteiger partial charge in [-0.2, -0.15) is 22.0 Å². The van der Waals surface area contributed by atoms with Crippen molar-refractivity contribution >= 4 is 23.4 Å². The topological polar surface area (TPSA) is 77.6 Å². The molecule has 3 rings (SSSR count). The van der Waals surface area contributed by atoms with E-state index >= 15 is 0 Å². The molecule has 0 spiro atoms. The van der Waals surface area contributed by atoms with Crippen LogP contribution < -0.4 is 5.73 Å². The second-order valence-corrected chi connectivity index (χ2v) is 7.39. The third-order valence-corrected chi connectivity index (χ3v) is 5.09. The van der Waals surface area contributed by atoms with Crippen molar-refractivity contribution in [3.05, 3.63) is 63.7 Å². The van der Waals surface area contributed by atoms with Crippen molar-refractivity contribution < 1.29 is 35.9 Å². The summed E-state index contributed by atoms with van der Waals surface area (Å²) >= 11 is 5.76. The summed E-state index contributed by atoms with van der Waals surface area (Å²) in [5.74, 6) is -5.41. The Hall–Kier alpha value is -2.82. The summed E-state index contributed by atoms with van der Waals surface area (Å²) in [6, 6.07) is 3.07. The number of halogens is 7. The van der Waals surface area contributed by atoms with Crippen LogP contribution in [0, 0.1) is 5.82 Å². The Balaban J connectivity index is 1.94. The van der Waals surface area contributed by atoms with E-state index in [0.29, 0.717) is 12.3 Å². The first-order valence-corrected chi connectivity index (χ1v) is 9.03. The van der Waals surface area contributed by atoms with Crippen molar-refractivity contribution in [1.82, 2.24) is 4.98 Å². The lowest BCUT2D eigenvalue weighted by Gasteiger charge is -2.37. The molecular weight excluding hydrogens is 452 g/mol. The predicted molar refractivity (Wildman–Crippen MR) is 98.6 cm³/mol. The fraction of sp³-hybridized carbons (Fsp3) is 0.316. The second-order valence-electron chi connectivity index (χ2n) is 6.98. The Morgan fingerprint density at radius 2 is 1.97 bits per heavy atom. The van der Waals surface area contributed by atoms with Crippen LogP contribution in [0.3, 0.4) is 0 Å². The van der Waals surface area contributed by atoms with E-state index in [9.17, 15) is 31.1 Å². The monoisotopic (exact) mass is 465 g/mol. The molecule has 2 heterocycles. The van der Waals surface area contributed by atoms with Gasteiger partial charge in [-0.3, -0.25) is 9.78 Å². The number of carbonyl (C=O) groups is 1. The summed E-state index contributed by atoms with van der Waals surface area (Å²) in [4.78, 5) is 19.5. The summed E-state index contributed by atoms with van der Waals surface area (Å²) in [6.07, 6.45) is -4.73. The number of benzene rings is 1. The quantitative estimate of drug-likeness (QED) is 0.532. The number of nitrogens with zero attached hydrogens (tertiary/aromatic N) is 2. The van der Waals surface area contributed by atoms with Crippen LogP contribution in [-0.4, -0.2) is 29.3 Å². The Morgan fingerprint density at radius 3 is 2.58 bits per heavy atom. The highest BCUT2D eigenvalue weighted by Crippen LogP contribution is 2.44. The summed E-state index contributed by atoms with van der Waals surface area (Å²) in [5.41, 5.74) is 0.979. The van der Waals surface area contributed by atoms with Gasteiger partial charge in [0.1, 0.15) is 11.5 Å². The third-order valence-electron chi connectivity index (χ3n) is 4.80. The van der Waals surface area contributed by atoms with Crippen LogP contribution in [0.25, 0.3) is 0 Å². The minimum Gasteiger partial charge on any atom is -0.459 e. The third kappa shape index (κ3) is 4.32. The zero-order chi connectivity index (χ0) is 23.2. The normalized spacial score (nSPS) is 20.7. The number of rotatable bonds is 4. The molecule has 0 saturated heterocycles. The molecule has 1 aliphatic heterocycles. The Bertz CT molecular complexity index is 1070. The van der Waals surface area contributed by atoms with Gasteiger partial charge in [0.15, 0.2) is 17.9 Å². The number of carbonyl (C=O) groups excluding carboxylic acids is 1. The van der Waals surface area contributed by atoms with Gasteiger partial charge in [0.25, 0.3) is 6.02 Å². The number of aliphatic imine (C=N–C) groups is 1. The van der Waals surface area contributed by atoms with Crippen molar-refractivity contribution in [3.8, 4) is 0 Å². The number of Topliss-reactive ketones (excluding diaryl/α,β-unsaturated/α-hetero) is 1. The fourth-order valence-electron chi connectivity index (χ4n) is 3.02. The van der Waals surface area contributed by atoms with Gasteiger partial charge >= 0.3 is 12.1 Å². The average Bonchev–Trinajstić information content (AvgIpc) is 2.66. The lowest BCUT2D eigenvalue weighted by molar-refractivity contribution is -0.137. The van der Waals surface area contributed by atoms with E-state index in [0.717, 1.165) is 19.1 Å². The maximum Gasteiger partial charge on any atom is 0.417 e. The molecule has 0 radical (unpaired) electrons. The van der Waals surface area contributed by atoms with Gasteiger partial charge in [-0.1, -0.05) is 17.7 Å². The van der Waals surface area contributed by atoms with E-state index in [1.807, 2.05) is 0 Å². The van der Waals surface area contributed by atoms with Crippen LogP contribution in [0.4, 0.5) is 26.3 Å². The lowest BCUT2D eigenvalue weighted by atomic mass is 9.84. The summed E-state index contributed by atoms with van der Waals surface area (Å²) in [7, 11) is 0. The van der Waals surface area contributed by atoms with Crippen LogP contribution in [0.2, 0.25) is 5.02 Å². The highest BCUT2D eigenvalue weighted by Gasteiger charge is 2.56. The first-order chi connectivity index (χ1) is 14.2. The molecule has 0 aliphatic carbocycles. The first kappa shape index (κ1) is 22.9. The SMILES string of the molecule is C[C@]1(c2cc(CC(=O)c3ncc(C(F)(F)F)cc3Cl)ccc2F)N=C(N)OCC1(F)F. The van der Waals surface area contributed by atoms with Crippen molar-refractivity contribution in [2.24, 2.45) is 10.7 Å². The van der Waals surface area contributed by atoms with E-state index in [2.05, 4.69) is 14.7 Å². The van der Waals surface area contributed by atoms with E-state index in [-0.39, 0.29) is 5.56 Å². The minimum atomic E-state index is -4.70. The number of amidine groups is 1. The first-order valence-electron chi connectivity index (χ1n) is 8.65. The maximum atomic E-state index is 14.5. The zero-order valence-electron chi connectivity index (χ0n) is 15.7. The molecule has 5 nitrogen and oxygen atoms in total. The van der Waals surface area contributed by atoms with Gasteiger partial charge in [0, 0.05) is 18.2 Å². The molecular formula is C19H14ClF6N3O2. The Kier molecular flexibility index (Phi) is 5.68. The molecule has 2 aromatic rings. The molecule has 166 valence electrons. The van der Waals surface area contributed by atoms with E-state index in [1.165, 1.54) is 6.07 Å². The average molecular weight is 466 g/mol. The molecule has 1 aliphatic rings. The van der Waals surface area contributed by atoms with Gasteiger partial charge in [-0.25, -0.2) is 9.38 Å². The molecule has 1 aromatic carbocycles. The molecule has 1 atom stereocenters. The molecule has 1 aromatic heterocycles. The molecule has 31 heavy (non-hydrogen) atoms. The van der Waals surface area contributed by atoms with E-state index < -0.39 is 70.1 Å². The minimum absolute atomic E-state index is 0.0939. The van der Waals surface area contributed by atoms with Crippen molar-refractivity contribution in [1.29, 1.82) is 0 Å². The molecule has 0 amide bonds. The number of alkyl halides is 5. The number of hydrogen-bond donors (Lipinski definition) is 1. The van der Waals surface area contributed by atoms with Gasteiger partial charge < -0.3 is 10.5 Å². The molecule has 0 saturated carbocycles. The van der Waals surface area contributed by atoms with Crippen LogP contribution in [0.15, 0.2) is 35.5 Å². The fourth-order valence-corrected chi connectivity index (χ4v) is 3.29. The molecule has 0 fully saturated rings. The van der Waals surface area contributed by atoms with Crippen LogP contribution in [-0.2, 0) is 22.9 Å². The van der Waals surface area contributed by atoms with Crippen LogP contribution in [0.1, 0.15) is 34.1 Å². The molecule has 12 heteroatoms. The van der Waals surface area contributed by atoms with Gasteiger partial charge in [0.05, 0.1) is 10.6 Å². The smallest absolute Gasteiger partial charge is 0.417 e. The lowest BCUT2D eigenvalue weighted by Crippen LogP contribution is -2.51. The highest BCUT2D eigenvalue weighted by atomic mass is 35.5. The largest absolute Gasteiger partial charge is 0.459 e. The Morgan fingerprint density at radius 1 is 1.29 bits per heavy atom. The van der Waals surface area contributed by atoms with E-state index in [1.54, 1.807) is 0 Å². The number of pyridine rings is 1. The summed E-state index contributed by atoms with van der Waals surface area (Å²) < 4.78 is 86.2. The van der Waals surface area contributed by atoms with Crippen molar-refractivity contribution in [2.45, 2.75) is 31.0 Å². The number of nitrogens with two attached hydrogens (primary N) is 1.